The molecular formula is C10H13BrN2. The molecule has 0 spiro atoms. The Morgan fingerprint density at radius 3 is 2.77 bits per heavy atom. The third-order valence-corrected chi connectivity index (χ3v) is 2.15. The maximum atomic E-state index is 4.21. The monoisotopic (exact) mass is 240 g/mol. The molecule has 0 aromatic carbocycles. The van der Waals surface area contributed by atoms with Crippen molar-refractivity contribution < 1.29 is 0 Å². The first-order chi connectivity index (χ1) is 6.27. The lowest BCUT2D eigenvalue weighted by Gasteiger charge is -1.94. The van der Waals surface area contributed by atoms with Crippen LogP contribution in [-0.4, -0.2) is 9.38 Å². The molecule has 0 atom stereocenters. The van der Waals surface area contributed by atoms with Gasteiger partial charge in [-0.15, -0.1) is 0 Å². The maximum absolute atomic E-state index is 4.21. The van der Waals surface area contributed by atoms with Gasteiger partial charge in [-0.05, 0) is 19.1 Å². The molecule has 0 bridgehead atoms. The van der Waals surface area contributed by atoms with E-state index in [1.807, 2.05) is 49.7 Å². The topological polar surface area (TPSA) is 17.3 Å². The zero-order valence-electron chi connectivity index (χ0n) is 8.08. The molecule has 2 nitrogen and oxygen atoms in total. The van der Waals surface area contributed by atoms with E-state index in [1.54, 1.807) is 0 Å². The first kappa shape index (κ1) is 10.3. The number of pyridine rings is 1. The van der Waals surface area contributed by atoms with E-state index in [2.05, 4.69) is 20.9 Å². The van der Waals surface area contributed by atoms with Gasteiger partial charge >= 0.3 is 0 Å². The molecule has 0 aliphatic heterocycles. The molecule has 0 N–H and O–H groups in total. The fourth-order valence-electron chi connectivity index (χ4n) is 1.08. The molecule has 3 heteroatoms. The van der Waals surface area contributed by atoms with Crippen molar-refractivity contribution in [3.63, 3.8) is 0 Å². The summed E-state index contributed by atoms with van der Waals surface area (Å²) in [4.78, 5) is 4.21. The van der Waals surface area contributed by atoms with Crippen molar-refractivity contribution in [3.05, 3.63) is 34.7 Å². The highest BCUT2D eigenvalue weighted by atomic mass is 79.9. The number of nitrogens with zero attached hydrogens (tertiary/aromatic N) is 2. The van der Waals surface area contributed by atoms with Gasteiger partial charge < -0.3 is 4.40 Å². The van der Waals surface area contributed by atoms with Gasteiger partial charge in [-0.3, -0.25) is 0 Å². The molecule has 70 valence electrons. The summed E-state index contributed by atoms with van der Waals surface area (Å²) in [6.07, 6.45) is 3.86. The van der Waals surface area contributed by atoms with Crippen molar-refractivity contribution in [2.75, 3.05) is 0 Å². The average molecular weight is 241 g/mol. The molecule has 2 rings (SSSR count). The van der Waals surface area contributed by atoms with Gasteiger partial charge in [0.2, 0.25) is 0 Å². The average Bonchev–Trinajstić information content (AvgIpc) is 2.51. The Balaban J connectivity index is 0.000000396. The second kappa shape index (κ2) is 4.42. The van der Waals surface area contributed by atoms with Gasteiger partial charge in [0.15, 0.2) is 0 Å². The maximum Gasteiger partial charge on any atom is 0.137 e. The summed E-state index contributed by atoms with van der Waals surface area (Å²) in [5, 5.41) is 0. The first-order valence-corrected chi connectivity index (χ1v) is 5.16. The zero-order valence-corrected chi connectivity index (χ0v) is 9.67. The summed E-state index contributed by atoms with van der Waals surface area (Å²) in [5.74, 6) is 0. The zero-order chi connectivity index (χ0) is 9.84. The third kappa shape index (κ3) is 2.10. The Labute approximate surface area is 86.7 Å². The van der Waals surface area contributed by atoms with Crippen molar-refractivity contribution in [3.8, 4) is 0 Å². The normalized spacial score (nSPS) is 9.54. The van der Waals surface area contributed by atoms with Gasteiger partial charge in [0.05, 0.1) is 0 Å². The van der Waals surface area contributed by atoms with E-state index in [4.69, 9.17) is 0 Å². The Morgan fingerprint density at radius 2 is 2.08 bits per heavy atom. The second-order valence-corrected chi connectivity index (χ2v) is 3.39. The number of halogens is 1. The molecule has 0 saturated heterocycles. The van der Waals surface area contributed by atoms with E-state index in [1.165, 1.54) is 0 Å². The van der Waals surface area contributed by atoms with Gasteiger partial charge in [-0.25, -0.2) is 4.98 Å². The van der Waals surface area contributed by atoms with Crippen molar-refractivity contribution in [2.45, 2.75) is 20.8 Å². The summed E-state index contributed by atoms with van der Waals surface area (Å²) in [6.45, 7) is 6.04. The van der Waals surface area contributed by atoms with E-state index in [9.17, 15) is 0 Å². The van der Waals surface area contributed by atoms with Crippen LogP contribution in [0.4, 0.5) is 0 Å². The Bertz CT molecular complexity index is 393. The van der Waals surface area contributed by atoms with Crippen LogP contribution in [0.5, 0.6) is 0 Å². The van der Waals surface area contributed by atoms with Crippen LogP contribution >= 0.6 is 15.9 Å². The molecule has 0 saturated carbocycles. The number of fused-ring (bicyclic) bond motifs is 1. The Kier molecular flexibility index (Phi) is 3.48. The molecule has 2 aromatic rings. The van der Waals surface area contributed by atoms with E-state index in [-0.39, 0.29) is 0 Å². The van der Waals surface area contributed by atoms with Crippen LogP contribution < -0.4 is 0 Å². The smallest absolute Gasteiger partial charge is 0.137 e. The van der Waals surface area contributed by atoms with Gasteiger partial charge in [0, 0.05) is 22.6 Å². The number of hydrogen-bond donors (Lipinski definition) is 0. The van der Waals surface area contributed by atoms with Crippen LogP contribution in [0.25, 0.3) is 5.65 Å². The highest BCUT2D eigenvalue weighted by molar-refractivity contribution is 9.10. The molecule has 0 fully saturated rings. The number of imidazole rings is 1. The van der Waals surface area contributed by atoms with Crippen LogP contribution in [0.1, 0.15) is 19.5 Å². The minimum Gasteiger partial charge on any atom is -0.304 e. The molecule has 2 aromatic heterocycles. The lowest BCUT2D eigenvalue weighted by molar-refractivity contribution is 1.11. The standard InChI is InChI=1S/C8H7BrN2.C2H6/c1-6-5-10-8-4-7(9)2-3-11(6)8;1-2/h2-5H,1H3;1-2H3. The lowest BCUT2D eigenvalue weighted by Crippen LogP contribution is -1.84. The van der Waals surface area contributed by atoms with Crippen LogP contribution in [-0.2, 0) is 0 Å². The molecule has 13 heavy (non-hydrogen) atoms. The molecule has 0 aliphatic rings. The van der Waals surface area contributed by atoms with Gasteiger partial charge in [-0.2, -0.15) is 0 Å². The largest absolute Gasteiger partial charge is 0.304 e. The predicted octanol–water partition coefficient (Wildman–Crippen LogP) is 3.43. The Morgan fingerprint density at radius 1 is 1.38 bits per heavy atom. The molecule has 0 unspecified atom stereocenters. The van der Waals surface area contributed by atoms with Crippen LogP contribution in [0.2, 0.25) is 0 Å². The quantitative estimate of drug-likeness (QED) is 0.690. The van der Waals surface area contributed by atoms with Crippen LogP contribution in [0.15, 0.2) is 29.0 Å². The molecule has 0 aliphatic carbocycles. The van der Waals surface area contributed by atoms with Crippen molar-refractivity contribution in [1.82, 2.24) is 9.38 Å². The highest BCUT2D eigenvalue weighted by Gasteiger charge is 1.96. The number of aryl methyl sites for hydroxylation is 1. The molecular weight excluding hydrogens is 228 g/mol. The summed E-state index contributed by atoms with van der Waals surface area (Å²) in [5.41, 5.74) is 2.14. The fourth-order valence-corrected chi connectivity index (χ4v) is 1.41. The molecule has 0 amide bonds. The summed E-state index contributed by atoms with van der Waals surface area (Å²) < 4.78 is 3.11. The predicted molar refractivity (Wildman–Crippen MR) is 59.0 cm³/mol. The number of rotatable bonds is 0. The number of aromatic nitrogens is 2. The van der Waals surface area contributed by atoms with Crippen LogP contribution in [0, 0.1) is 6.92 Å². The summed E-state index contributed by atoms with van der Waals surface area (Å²) >= 11 is 3.39. The van der Waals surface area contributed by atoms with Gasteiger partial charge in [0.1, 0.15) is 5.65 Å². The van der Waals surface area contributed by atoms with E-state index in [0.29, 0.717) is 0 Å². The summed E-state index contributed by atoms with van der Waals surface area (Å²) in [7, 11) is 0. The van der Waals surface area contributed by atoms with Crippen molar-refractivity contribution >= 4 is 21.6 Å². The van der Waals surface area contributed by atoms with E-state index in [0.717, 1.165) is 15.8 Å². The van der Waals surface area contributed by atoms with Gasteiger partial charge in [-0.1, -0.05) is 29.8 Å². The van der Waals surface area contributed by atoms with Crippen molar-refractivity contribution in [2.24, 2.45) is 0 Å². The molecule has 0 radical (unpaired) electrons. The Hall–Kier alpha value is -0.830. The first-order valence-electron chi connectivity index (χ1n) is 4.36. The van der Waals surface area contributed by atoms with Crippen LogP contribution in [0.3, 0.4) is 0 Å². The van der Waals surface area contributed by atoms with E-state index >= 15 is 0 Å². The minimum absolute atomic E-state index is 0.983. The minimum atomic E-state index is 0.983. The third-order valence-electron chi connectivity index (χ3n) is 1.66. The fraction of sp³-hybridized carbons (Fsp3) is 0.300. The number of hydrogen-bond acceptors (Lipinski definition) is 1. The second-order valence-electron chi connectivity index (χ2n) is 2.47. The SMILES string of the molecule is CC.Cc1cnc2cc(Br)ccn12. The van der Waals surface area contributed by atoms with E-state index < -0.39 is 0 Å². The lowest BCUT2D eigenvalue weighted by atomic mass is 10.4. The summed E-state index contributed by atoms with van der Waals surface area (Å²) in [6, 6.07) is 3.99. The molecule has 2 heterocycles. The van der Waals surface area contributed by atoms with Crippen molar-refractivity contribution in [1.29, 1.82) is 0 Å². The highest BCUT2D eigenvalue weighted by Crippen LogP contribution is 2.12. The van der Waals surface area contributed by atoms with Gasteiger partial charge in [0.25, 0.3) is 0 Å².